The second kappa shape index (κ2) is 6.92. The van der Waals surface area contributed by atoms with Gasteiger partial charge in [0.15, 0.2) is 0 Å². The standard InChI is InChI=1S/C15H29NO3/c1-9(2)13(10(3)4)14(19)16-11(8-12(17)18)15(5,6)7/h9-11,13H,8H2,1-7H3,(H,16,19)(H,17,18). The number of carboxylic acid groups (broad SMARTS) is 1. The lowest BCUT2D eigenvalue weighted by atomic mass is 9.81. The molecule has 4 heteroatoms. The van der Waals surface area contributed by atoms with Crippen LogP contribution in [0.5, 0.6) is 0 Å². The Morgan fingerprint density at radius 2 is 1.47 bits per heavy atom. The Morgan fingerprint density at radius 1 is 1.05 bits per heavy atom. The van der Waals surface area contributed by atoms with Gasteiger partial charge in [-0.05, 0) is 17.3 Å². The molecule has 0 aromatic rings. The van der Waals surface area contributed by atoms with Crippen LogP contribution < -0.4 is 5.32 Å². The lowest BCUT2D eigenvalue weighted by Gasteiger charge is -2.33. The molecular weight excluding hydrogens is 242 g/mol. The van der Waals surface area contributed by atoms with Gasteiger partial charge in [0, 0.05) is 12.0 Å². The molecule has 0 aliphatic rings. The smallest absolute Gasteiger partial charge is 0.305 e. The van der Waals surface area contributed by atoms with Gasteiger partial charge in [-0.25, -0.2) is 0 Å². The van der Waals surface area contributed by atoms with Crippen LogP contribution in [0, 0.1) is 23.2 Å². The van der Waals surface area contributed by atoms with Crippen LogP contribution in [0.4, 0.5) is 0 Å². The molecule has 0 aliphatic heterocycles. The van der Waals surface area contributed by atoms with E-state index < -0.39 is 5.97 Å². The van der Waals surface area contributed by atoms with E-state index in [4.69, 9.17) is 5.11 Å². The van der Waals surface area contributed by atoms with Gasteiger partial charge in [-0.15, -0.1) is 0 Å². The molecule has 4 nitrogen and oxygen atoms in total. The Bertz CT molecular complexity index is 308. The molecule has 0 rings (SSSR count). The van der Waals surface area contributed by atoms with Crippen molar-refractivity contribution in [3.05, 3.63) is 0 Å². The van der Waals surface area contributed by atoms with Crippen molar-refractivity contribution < 1.29 is 14.7 Å². The van der Waals surface area contributed by atoms with Crippen molar-refractivity contribution in [2.24, 2.45) is 23.2 Å². The maximum Gasteiger partial charge on any atom is 0.305 e. The molecule has 2 N–H and O–H groups in total. The van der Waals surface area contributed by atoms with Crippen LogP contribution in [0.15, 0.2) is 0 Å². The van der Waals surface area contributed by atoms with Crippen molar-refractivity contribution in [3.8, 4) is 0 Å². The van der Waals surface area contributed by atoms with Gasteiger partial charge in [0.25, 0.3) is 0 Å². The second-order valence-electron chi connectivity index (χ2n) is 7.04. The molecule has 112 valence electrons. The molecule has 0 fully saturated rings. The minimum atomic E-state index is -0.883. The Hall–Kier alpha value is -1.06. The highest BCUT2D eigenvalue weighted by Crippen LogP contribution is 2.25. The van der Waals surface area contributed by atoms with E-state index >= 15 is 0 Å². The van der Waals surface area contributed by atoms with E-state index in [1.165, 1.54) is 0 Å². The number of amides is 1. The lowest BCUT2D eigenvalue weighted by molar-refractivity contribution is -0.139. The first kappa shape index (κ1) is 17.9. The maximum absolute atomic E-state index is 12.4. The number of carbonyl (C=O) groups is 2. The van der Waals surface area contributed by atoms with Gasteiger partial charge in [0.05, 0.1) is 6.42 Å². The summed E-state index contributed by atoms with van der Waals surface area (Å²) in [6.45, 7) is 13.9. The summed E-state index contributed by atoms with van der Waals surface area (Å²) in [5.41, 5.74) is -0.271. The highest BCUT2D eigenvalue weighted by molar-refractivity contribution is 5.80. The molecule has 1 unspecified atom stereocenters. The number of nitrogens with one attached hydrogen (secondary N) is 1. The molecule has 1 atom stereocenters. The minimum absolute atomic E-state index is 0.0359. The number of rotatable bonds is 6. The topological polar surface area (TPSA) is 66.4 Å². The SMILES string of the molecule is CC(C)C(C(=O)NC(CC(=O)O)C(C)(C)C)C(C)C. The van der Waals surface area contributed by atoms with Crippen LogP contribution in [0.3, 0.4) is 0 Å². The number of carboxylic acids is 1. The predicted molar refractivity (Wildman–Crippen MR) is 76.8 cm³/mol. The van der Waals surface area contributed by atoms with Crippen LogP contribution in [-0.2, 0) is 9.59 Å². The van der Waals surface area contributed by atoms with Crippen molar-refractivity contribution in [2.45, 2.75) is 60.9 Å². The van der Waals surface area contributed by atoms with Crippen LogP contribution >= 0.6 is 0 Å². The average molecular weight is 271 g/mol. The minimum Gasteiger partial charge on any atom is -0.481 e. The largest absolute Gasteiger partial charge is 0.481 e. The Kier molecular flexibility index (Phi) is 6.53. The maximum atomic E-state index is 12.4. The van der Waals surface area contributed by atoms with Gasteiger partial charge in [-0.3, -0.25) is 9.59 Å². The highest BCUT2D eigenvalue weighted by atomic mass is 16.4. The van der Waals surface area contributed by atoms with Gasteiger partial charge in [0.1, 0.15) is 0 Å². The molecule has 0 bridgehead atoms. The van der Waals surface area contributed by atoms with Crippen molar-refractivity contribution in [1.29, 1.82) is 0 Å². The first-order valence-electron chi connectivity index (χ1n) is 6.99. The molecule has 0 radical (unpaired) electrons. The van der Waals surface area contributed by atoms with Crippen LogP contribution in [0.2, 0.25) is 0 Å². The van der Waals surface area contributed by atoms with Crippen LogP contribution in [-0.4, -0.2) is 23.0 Å². The summed E-state index contributed by atoms with van der Waals surface area (Å²) in [5.74, 6) is -0.522. The van der Waals surface area contributed by atoms with Gasteiger partial charge in [-0.1, -0.05) is 48.5 Å². The van der Waals surface area contributed by atoms with Crippen LogP contribution in [0.25, 0.3) is 0 Å². The fourth-order valence-electron chi connectivity index (χ4n) is 2.39. The van der Waals surface area contributed by atoms with Gasteiger partial charge in [-0.2, -0.15) is 0 Å². The monoisotopic (exact) mass is 271 g/mol. The molecule has 0 aliphatic carbocycles. The average Bonchev–Trinajstić information content (AvgIpc) is 2.12. The van der Waals surface area contributed by atoms with E-state index in [0.717, 1.165) is 0 Å². The Labute approximate surface area is 117 Å². The Morgan fingerprint density at radius 3 is 1.74 bits per heavy atom. The quantitative estimate of drug-likeness (QED) is 0.780. The molecule has 1 amide bonds. The zero-order valence-electron chi connectivity index (χ0n) is 13.3. The molecule has 0 aromatic carbocycles. The van der Waals surface area contributed by atoms with Gasteiger partial charge in [0.2, 0.25) is 5.91 Å². The number of carbonyl (C=O) groups excluding carboxylic acids is 1. The molecular formula is C15H29NO3. The van der Waals surface area contributed by atoms with Crippen molar-refractivity contribution in [3.63, 3.8) is 0 Å². The summed E-state index contributed by atoms with van der Waals surface area (Å²) in [5, 5.41) is 11.9. The van der Waals surface area contributed by atoms with E-state index in [-0.39, 0.29) is 41.5 Å². The lowest BCUT2D eigenvalue weighted by Crippen LogP contribution is -2.48. The molecule has 19 heavy (non-hydrogen) atoms. The van der Waals surface area contributed by atoms with Crippen LogP contribution in [0.1, 0.15) is 54.9 Å². The zero-order valence-corrected chi connectivity index (χ0v) is 13.3. The third-order valence-corrected chi connectivity index (χ3v) is 3.48. The van der Waals surface area contributed by atoms with Gasteiger partial charge >= 0.3 is 5.97 Å². The summed E-state index contributed by atoms with van der Waals surface area (Å²) in [4.78, 5) is 23.3. The van der Waals surface area contributed by atoms with Crippen molar-refractivity contribution in [2.75, 3.05) is 0 Å². The molecule has 0 saturated heterocycles. The fourth-order valence-corrected chi connectivity index (χ4v) is 2.39. The molecule has 0 aromatic heterocycles. The van der Waals surface area contributed by atoms with E-state index in [1.54, 1.807) is 0 Å². The molecule has 0 spiro atoms. The molecule has 0 heterocycles. The molecule has 0 saturated carbocycles. The summed E-state index contributed by atoms with van der Waals surface area (Å²) >= 11 is 0. The van der Waals surface area contributed by atoms with E-state index in [1.807, 2.05) is 48.5 Å². The summed E-state index contributed by atoms with van der Waals surface area (Å²) in [6, 6.07) is -0.350. The first-order chi connectivity index (χ1) is 8.46. The number of aliphatic carboxylic acids is 1. The number of hydrogen-bond acceptors (Lipinski definition) is 2. The van der Waals surface area contributed by atoms with Gasteiger partial charge < -0.3 is 10.4 Å². The van der Waals surface area contributed by atoms with E-state index in [0.29, 0.717) is 0 Å². The first-order valence-corrected chi connectivity index (χ1v) is 6.99. The van der Waals surface area contributed by atoms with E-state index in [2.05, 4.69) is 5.32 Å². The summed E-state index contributed by atoms with van der Waals surface area (Å²) < 4.78 is 0. The second-order valence-corrected chi connectivity index (χ2v) is 7.04. The normalized spacial score (nSPS) is 14.0. The fraction of sp³-hybridized carbons (Fsp3) is 0.867. The third kappa shape index (κ3) is 6.08. The number of hydrogen-bond donors (Lipinski definition) is 2. The summed E-state index contributed by atoms with van der Waals surface area (Å²) in [7, 11) is 0. The van der Waals surface area contributed by atoms with E-state index in [9.17, 15) is 9.59 Å². The highest BCUT2D eigenvalue weighted by Gasteiger charge is 2.32. The zero-order chi connectivity index (χ0) is 15.4. The van der Waals surface area contributed by atoms with Crippen molar-refractivity contribution in [1.82, 2.24) is 5.32 Å². The van der Waals surface area contributed by atoms with Crippen molar-refractivity contribution >= 4 is 11.9 Å². The predicted octanol–water partition coefficient (Wildman–Crippen LogP) is 2.92. The summed E-state index contributed by atoms with van der Waals surface area (Å²) in [6.07, 6.45) is -0.0435. The third-order valence-electron chi connectivity index (χ3n) is 3.48. The Balaban J connectivity index is 4.93.